The predicted octanol–water partition coefficient (Wildman–Crippen LogP) is 4.71. The van der Waals surface area contributed by atoms with Crippen molar-refractivity contribution in [3.8, 4) is 5.75 Å². The Morgan fingerprint density at radius 1 is 1.07 bits per heavy atom. The molecule has 0 aliphatic rings. The van der Waals surface area contributed by atoms with Crippen LogP contribution in [-0.4, -0.2) is 22.7 Å². The van der Waals surface area contributed by atoms with Crippen molar-refractivity contribution in [3.05, 3.63) is 70.6 Å². The molecule has 0 atom stereocenters. The zero-order chi connectivity index (χ0) is 19.9. The Bertz CT molecular complexity index is 932. The van der Waals surface area contributed by atoms with Crippen LogP contribution in [0.15, 0.2) is 46.9 Å². The Hall–Kier alpha value is -3.15. The van der Waals surface area contributed by atoms with Gasteiger partial charge in [0.1, 0.15) is 5.75 Å². The summed E-state index contributed by atoms with van der Waals surface area (Å²) in [5.41, 5.74) is 4.04. The molecule has 0 radical (unpaired) electrons. The number of amides is 1. The second kappa shape index (κ2) is 9.17. The van der Waals surface area contributed by atoms with Gasteiger partial charge >= 0.3 is 6.01 Å². The highest BCUT2D eigenvalue weighted by molar-refractivity contribution is 6.03. The topological polar surface area (TPSA) is 77.2 Å². The number of anilines is 1. The van der Waals surface area contributed by atoms with Crippen molar-refractivity contribution in [1.82, 2.24) is 10.2 Å². The Balaban J connectivity index is 1.58. The van der Waals surface area contributed by atoms with Gasteiger partial charge in [0.15, 0.2) is 0 Å². The SMILES string of the molecule is CCCCOc1ccc(C(=O)Nc2nnc(Cc3ccc(C)c(C)c3)o2)cc1. The van der Waals surface area contributed by atoms with E-state index >= 15 is 0 Å². The number of rotatable bonds is 8. The number of hydrogen-bond acceptors (Lipinski definition) is 5. The average molecular weight is 379 g/mol. The van der Waals surface area contributed by atoms with Crippen LogP contribution in [0.1, 0.15) is 52.7 Å². The van der Waals surface area contributed by atoms with Gasteiger partial charge in [-0.2, -0.15) is 0 Å². The quantitative estimate of drug-likeness (QED) is 0.574. The lowest BCUT2D eigenvalue weighted by Crippen LogP contribution is -2.12. The second-order valence-corrected chi connectivity index (χ2v) is 6.78. The van der Waals surface area contributed by atoms with Crippen LogP contribution in [-0.2, 0) is 6.42 Å². The lowest BCUT2D eigenvalue weighted by molar-refractivity contribution is 0.102. The highest BCUT2D eigenvalue weighted by atomic mass is 16.5. The number of ether oxygens (including phenoxy) is 1. The molecule has 1 N–H and O–H groups in total. The van der Waals surface area contributed by atoms with Gasteiger partial charge in [0, 0.05) is 5.56 Å². The molecule has 0 bridgehead atoms. The zero-order valence-electron chi connectivity index (χ0n) is 16.5. The lowest BCUT2D eigenvalue weighted by atomic mass is 10.0. The van der Waals surface area contributed by atoms with Gasteiger partial charge in [-0.3, -0.25) is 10.1 Å². The molecule has 3 rings (SSSR count). The summed E-state index contributed by atoms with van der Waals surface area (Å²) in [6.07, 6.45) is 2.61. The van der Waals surface area contributed by atoms with E-state index in [1.807, 2.05) is 6.07 Å². The van der Waals surface area contributed by atoms with Gasteiger partial charge in [-0.1, -0.05) is 36.6 Å². The van der Waals surface area contributed by atoms with Crippen LogP contribution in [0, 0.1) is 13.8 Å². The predicted molar refractivity (Wildman–Crippen MR) is 108 cm³/mol. The molecule has 0 aliphatic carbocycles. The Morgan fingerprint density at radius 3 is 2.57 bits per heavy atom. The first-order valence-electron chi connectivity index (χ1n) is 9.48. The molecule has 0 spiro atoms. The van der Waals surface area contributed by atoms with E-state index in [4.69, 9.17) is 9.15 Å². The molecular weight excluding hydrogens is 354 g/mol. The van der Waals surface area contributed by atoms with Crippen molar-refractivity contribution in [1.29, 1.82) is 0 Å². The number of nitrogens with zero attached hydrogens (tertiary/aromatic N) is 2. The van der Waals surface area contributed by atoms with E-state index in [1.54, 1.807) is 24.3 Å². The van der Waals surface area contributed by atoms with E-state index in [0.717, 1.165) is 24.2 Å². The number of aromatic nitrogens is 2. The van der Waals surface area contributed by atoms with Crippen LogP contribution in [0.2, 0.25) is 0 Å². The fourth-order valence-electron chi connectivity index (χ4n) is 2.67. The van der Waals surface area contributed by atoms with Crippen LogP contribution in [0.4, 0.5) is 6.01 Å². The summed E-state index contributed by atoms with van der Waals surface area (Å²) in [6.45, 7) is 6.93. The van der Waals surface area contributed by atoms with Crippen molar-refractivity contribution in [2.24, 2.45) is 0 Å². The average Bonchev–Trinajstić information content (AvgIpc) is 3.12. The van der Waals surface area contributed by atoms with E-state index in [1.165, 1.54) is 11.1 Å². The highest BCUT2D eigenvalue weighted by Gasteiger charge is 2.12. The first kappa shape index (κ1) is 19.6. The van der Waals surface area contributed by atoms with Crippen molar-refractivity contribution in [3.63, 3.8) is 0 Å². The minimum atomic E-state index is -0.304. The number of hydrogen-bond donors (Lipinski definition) is 1. The lowest BCUT2D eigenvalue weighted by Gasteiger charge is -2.06. The van der Waals surface area contributed by atoms with Crippen LogP contribution in [0.25, 0.3) is 0 Å². The van der Waals surface area contributed by atoms with Gasteiger partial charge < -0.3 is 9.15 Å². The summed E-state index contributed by atoms with van der Waals surface area (Å²) in [5, 5.41) is 10.6. The molecule has 0 saturated carbocycles. The fraction of sp³-hybridized carbons (Fsp3) is 0.318. The van der Waals surface area contributed by atoms with Gasteiger partial charge in [0.25, 0.3) is 5.91 Å². The van der Waals surface area contributed by atoms with Gasteiger partial charge in [-0.05, 0) is 61.2 Å². The molecule has 0 aliphatic heterocycles. The molecule has 0 saturated heterocycles. The second-order valence-electron chi connectivity index (χ2n) is 6.78. The summed E-state index contributed by atoms with van der Waals surface area (Å²) in [5.74, 6) is 0.901. The molecule has 6 nitrogen and oxygen atoms in total. The molecule has 6 heteroatoms. The first-order chi connectivity index (χ1) is 13.5. The molecule has 3 aromatic rings. The molecule has 1 aromatic heterocycles. The normalized spacial score (nSPS) is 10.7. The van der Waals surface area contributed by atoms with Crippen LogP contribution >= 0.6 is 0 Å². The third kappa shape index (κ3) is 5.19. The maximum Gasteiger partial charge on any atom is 0.322 e. The number of nitrogens with one attached hydrogen (secondary N) is 1. The van der Waals surface area contributed by atoms with Gasteiger partial charge in [0.2, 0.25) is 5.89 Å². The maximum absolute atomic E-state index is 12.4. The molecule has 0 fully saturated rings. The van der Waals surface area contributed by atoms with Crippen molar-refractivity contribution < 1.29 is 13.9 Å². The minimum Gasteiger partial charge on any atom is -0.494 e. The number of carbonyl (C=O) groups is 1. The number of aryl methyl sites for hydroxylation is 2. The van der Waals surface area contributed by atoms with Crippen molar-refractivity contribution >= 4 is 11.9 Å². The van der Waals surface area contributed by atoms with Gasteiger partial charge in [0.05, 0.1) is 13.0 Å². The van der Waals surface area contributed by atoms with E-state index in [-0.39, 0.29) is 11.9 Å². The van der Waals surface area contributed by atoms with Crippen LogP contribution in [0.5, 0.6) is 5.75 Å². The standard InChI is InChI=1S/C22H25N3O3/c1-4-5-12-27-19-10-8-18(9-11-19)21(26)23-22-25-24-20(28-22)14-17-7-6-15(2)16(3)13-17/h6-11,13H,4-5,12,14H2,1-3H3,(H,23,25,26). The summed E-state index contributed by atoms with van der Waals surface area (Å²) in [7, 11) is 0. The Morgan fingerprint density at radius 2 is 1.86 bits per heavy atom. The van der Waals surface area contributed by atoms with Crippen LogP contribution < -0.4 is 10.1 Å². The summed E-state index contributed by atoms with van der Waals surface area (Å²) in [4.78, 5) is 12.4. The van der Waals surface area contributed by atoms with Crippen LogP contribution in [0.3, 0.4) is 0 Å². The largest absolute Gasteiger partial charge is 0.494 e. The van der Waals surface area contributed by atoms with E-state index in [2.05, 4.69) is 48.4 Å². The van der Waals surface area contributed by atoms with E-state index in [0.29, 0.717) is 24.5 Å². The summed E-state index contributed by atoms with van der Waals surface area (Å²) in [6, 6.07) is 13.3. The van der Waals surface area contributed by atoms with Gasteiger partial charge in [-0.15, -0.1) is 5.10 Å². The number of benzene rings is 2. The van der Waals surface area contributed by atoms with E-state index < -0.39 is 0 Å². The Labute approximate surface area is 164 Å². The molecular formula is C22H25N3O3. The Kier molecular flexibility index (Phi) is 6.42. The number of carbonyl (C=O) groups excluding carboxylic acids is 1. The molecule has 1 amide bonds. The third-order valence-electron chi connectivity index (χ3n) is 4.50. The first-order valence-corrected chi connectivity index (χ1v) is 9.48. The van der Waals surface area contributed by atoms with E-state index in [9.17, 15) is 4.79 Å². The molecule has 1 heterocycles. The molecule has 28 heavy (non-hydrogen) atoms. The molecule has 2 aromatic carbocycles. The third-order valence-corrected chi connectivity index (χ3v) is 4.50. The highest BCUT2D eigenvalue weighted by Crippen LogP contribution is 2.17. The minimum absolute atomic E-state index is 0.0899. The summed E-state index contributed by atoms with van der Waals surface area (Å²) >= 11 is 0. The monoisotopic (exact) mass is 379 g/mol. The fourth-order valence-corrected chi connectivity index (χ4v) is 2.67. The number of unbranched alkanes of at least 4 members (excludes halogenated alkanes) is 1. The molecule has 146 valence electrons. The smallest absolute Gasteiger partial charge is 0.322 e. The zero-order valence-corrected chi connectivity index (χ0v) is 16.5. The molecule has 0 unspecified atom stereocenters. The summed E-state index contributed by atoms with van der Waals surface area (Å²) < 4.78 is 11.2. The van der Waals surface area contributed by atoms with Gasteiger partial charge in [-0.25, -0.2) is 0 Å². The van der Waals surface area contributed by atoms with Crippen molar-refractivity contribution in [2.45, 2.75) is 40.0 Å². The van der Waals surface area contributed by atoms with Crippen molar-refractivity contribution in [2.75, 3.05) is 11.9 Å². The maximum atomic E-state index is 12.4.